The molecular formula is C27H23O3S+. The average Bonchev–Trinajstić information content (AvgIpc) is 2.79. The third kappa shape index (κ3) is 4.65. The molecule has 154 valence electrons. The van der Waals surface area contributed by atoms with Gasteiger partial charge in [0.05, 0.1) is 16.5 Å². The fraction of sp³-hybridized carbons (Fsp3) is 0.0741. The molecule has 31 heavy (non-hydrogen) atoms. The number of ether oxygens (including phenoxy) is 1. The summed E-state index contributed by atoms with van der Waals surface area (Å²) >= 11 is 0. The second-order valence-corrected chi connectivity index (χ2v) is 9.28. The van der Waals surface area contributed by atoms with E-state index in [0.717, 1.165) is 4.90 Å². The van der Waals surface area contributed by atoms with Crippen LogP contribution in [0.2, 0.25) is 0 Å². The number of esters is 1. The minimum absolute atomic E-state index is 0.220. The lowest BCUT2D eigenvalue weighted by Crippen LogP contribution is -2.10. The second kappa shape index (κ2) is 9.11. The van der Waals surface area contributed by atoms with Crippen LogP contribution in [0.1, 0.15) is 21.5 Å². The van der Waals surface area contributed by atoms with Crippen molar-refractivity contribution in [3.05, 3.63) is 114 Å². The van der Waals surface area contributed by atoms with Gasteiger partial charge in [-0.2, -0.15) is 0 Å². The first-order valence-electron chi connectivity index (χ1n) is 10.00. The number of phenolic OH excluding ortho intramolecular Hbond substituents is 1. The van der Waals surface area contributed by atoms with E-state index in [1.165, 1.54) is 9.79 Å². The zero-order chi connectivity index (χ0) is 21.8. The van der Waals surface area contributed by atoms with Crippen LogP contribution in [0.15, 0.2) is 112 Å². The van der Waals surface area contributed by atoms with E-state index in [9.17, 15) is 9.90 Å². The van der Waals surface area contributed by atoms with Gasteiger partial charge in [0.15, 0.2) is 14.7 Å². The molecule has 0 spiro atoms. The summed E-state index contributed by atoms with van der Waals surface area (Å²) in [4.78, 5) is 16.2. The number of rotatable bonds is 5. The van der Waals surface area contributed by atoms with Gasteiger partial charge in [0, 0.05) is 0 Å². The van der Waals surface area contributed by atoms with Gasteiger partial charge in [0.25, 0.3) is 0 Å². The summed E-state index contributed by atoms with van der Waals surface area (Å²) in [5, 5.41) is 9.91. The molecule has 3 nitrogen and oxygen atoms in total. The van der Waals surface area contributed by atoms with E-state index >= 15 is 0 Å². The molecule has 4 heteroatoms. The third-order valence-corrected chi connectivity index (χ3v) is 7.19. The van der Waals surface area contributed by atoms with Gasteiger partial charge in [-0.1, -0.05) is 36.4 Å². The highest BCUT2D eigenvalue weighted by Gasteiger charge is 2.28. The van der Waals surface area contributed by atoms with Crippen LogP contribution < -0.4 is 4.74 Å². The van der Waals surface area contributed by atoms with Gasteiger partial charge >= 0.3 is 5.97 Å². The van der Waals surface area contributed by atoms with Crippen molar-refractivity contribution < 1.29 is 14.6 Å². The first kappa shape index (κ1) is 20.8. The van der Waals surface area contributed by atoms with Crippen molar-refractivity contribution >= 4 is 16.9 Å². The number of hydrogen-bond acceptors (Lipinski definition) is 3. The Hall–Kier alpha value is -3.50. The van der Waals surface area contributed by atoms with E-state index in [1.807, 2.05) is 60.7 Å². The number of hydrogen-bond donors (Lipinski definition) is 1. The number of carbonyl (C=O) groups is 1. The van der Waals surface area contributed by atoms with Gasteiger partial charge in [-0.3, -0.25) is 0 Å². The molecular weight excluding hydrogens is 404 g/mol. The highest BCUT2D eigenvalue weighted by atomic mass is 32.2. The van der Waals surface area contributed by atoms with Crippen LogP contribution >= 0.6 is 0 Å². The van der Waals surface area contributed by atoms with E-state index in [2.05, 4.69) is 24.3 Å². The summed E-state index contributed by atoms with van der Waals surface area (Å²) in [7, 11) is -0.263. The minimum atomic E-state index is -0.421. The predicted octanol–water partition coefficient (Wildman–Crippen LogP) is 6.32. The van der Waals surface area contributed by atoms with Gasteiger partial charge in [0.2, 0.25) is 0 Å². The maximum Gasteiger partial charge on any atom is 0.343 e. The zero-order valence-corrected chi connectivity index (χ0v) is 18.2. The Bertz CT molecular complexity index is 1120. The first-order chi connectivity index (χ1) is 15.0. The average molecular weight is 428 g/mol. The largest absolute Gasteiger partial charge is 0.507 e. The van der Waals surface area contributed by atoms with Crippen LogP contribution in [-0.2, 0) is 10.9 Å². The Morgan fingerprint density at radius 1 is 0.710 bits per heavy atom. The van der Waals surface area contributed by atoms with Crippen LogP contribution in [0.25, 0.3) is 0 Å². The van der Waals surface area contributed by atoms with Gasteiger partial charge in [0.1, 0.15) is 11.5 Å². The summed E-state index contributed by atoms with van der Waals surface area (Å²) in [5.41, 5.74) is 1.83. The Balaban J connectivity index is 1.61. The molecule has 0 aliphatic heterocycles. The van der Waals surface area contributed by atoms with Crippen LogP contribution in [-0.4, -0.2) is 11.1 Å². The molecule has 0 fully saturated rings. The fourth-order valence-corrected chi connectivity index (χ4v) is 5.47. The summed E-state index contributed by atoms with van der Waals surface area (Å²) in [5.74, 6) is 0.226. The number of benzene rings is 4. The zero-order valence-electron chi connectivity index (χ0n) is 17.4. The van der Waals surface area contributed by atoms with E-state index in [1.54, 1.807) is 26.0 Å². The van der Waals surface area contributed by atoms with E-state index in [0.29, 0.717) is 22.4 Å². The lowest BCUT2D eigenvalue weighted by molar-refractivity contribution is 0.0734. The van der Waals surface area contributed by atoms with Crippen molar-refractivity contribution in [3.8, 4) is 11.5 Å². The van der Waals surface area contributed by atoms with E-state index in [-0.39, 0.29) is 16.6 Å². The molecule has 4 rings (SSSR count). The normalized spacial score (nSPS) is 10.8. The molecule has 0 amide bonds. The highest BCUT2D eigenvalue weighted by Crippen LogP contribution is 2.31. The predicted molar refractivity (Wildman–Crippen MR) is 124 cm³/mol. The molecule has 0 saturated heterocycles. The third-order valence-electron chi connectivity index (χ3n) is 4.96. The maximum absolute atomic E-state index is 12.7. The molecule has 0 bridgehead atoms. The number of phenols is 1. The number of aryl methyl sites for hydroxylation is 2. The number of aromatic hydroxyl groups is 1. The van der Waals surface area contributed by atoms with Crippen molar-refractivity contribution in [2.24, 2.45) is 0 Å². The quantitative estimate of drug-likeness (QED) is 0.230. The van der Waals surface area contributed by atoms with E-state index < -0.39 is 5.97 Å². The monoisotopic (exact) mass is 427 g/mol. The minimum Gasteiger partial charge on any atom is -0.507 e. The lowest BCUT2D eigenvalue weighted by Gasteiger charge is -2.10. The molecule has 0 unspecified atom stereocenters. The molecule has 0 atom stereocenters. The Morgan fingerprint density at radius 2 is 1.16 bits per heavy atom. The van der Waals surface area contributed by atoms with Crippen molar-refractivity contribution in [1.29, 1.82) is 0 Å². The fourth-order valence-electron chi connectivity index (χ4n) is 3.39. The van der Waals surface area contributed by atoms with Crippen LogP contribution in [0.4, 0.5) is 0 Å². The summed E-state index contributed by atoms with van der Waals surface area (Å²) in [6.07, 6.45) is 0. The van der Waals surface area contributed by atoms with Gasteiger partial charge in [-0.15, -0.1) is 0 Å². The van der Waals surface area contributed by atoms with Crippen molar-refractivity contribution in [2.75, 3.05) is 0 Å². The molecule has 1 N–H and O–H groups in total. The maximum atomic E-state index is 12.7. The van der Waals surface area contributed by atoms with E-state index in [4.69, 9.17) is 4.74 Å². The number of carbonyl (C=O) groups excluding carboxylic acids is 1. The molecule has 4 aromatic carbocycles. The van der Waals surface area contributed by atoms with Crippen molar-refractivity contribution in [2.45, 2.75) is 28.5 Å². The molecule has 0 heterocycles. The Kier molecular flexibility index (Phi) is 6.10. The SMILES string of the molecule is Cc1cc(OC(=O)c2ccc([S+](c3ccccc3)c3ccccc3)cc2)cc(C)c1O. The van der Waals surface area contributed by atoms with Gasteiger partial charge in [-0.05, 0) is 85.6 Å². The molecule has 0 aliphatic rings. The summed E-state index contributed by atoms with van der Waals surface area (Å²) in [6, 6.07) is 31.7. The second-order valence-electron chi connectivity index (χ2n) is 7.25. The molecule has 4 aromatic rings. The molecule has 0 aliphatic carbocycles. The Morgan fingerprint density at radius 3 is 1.65 bits per heavy atom. The Labute approximate surface area is 185 Å². The molecule has 0 saturated carbocycles. The summed E-state index contributed by atoms with van der Waals surface area (Å²) < 4.78 is 5.54. The van der Waals surface area contributed by atoms with Crippen LogP contribution in [0, 0.1) is 13.8 Å². The first-order valence-corrected chi connectivity index (χ1v) is 11.2. The molecule has 0 aromatic heterocycles. The standard InChI is InChI=1S/C27H22O3S/c1-19-17-22(18-20(2)26(19)28)30-27(29)21-13-15-25(16-14-21)31(23-9-5-3-6-10-23)24-11-7-4-8-12-24/h3-18H,1-2H3/p+1. The molecule has 0 radical (unpaired) electrons. The topological polar surface area (TPSA) is 46.5 Å². The van der Waals surface area contributed by atoms with Crippen molar-refractivity contribution in [1.82, 2.24) is 0 Å². The van der Waals surface area contributed by atoms with Gasteiger partial charge in [-0.25, -0.2) is 4.79 Å². The lowest BCUT2D eigenvalue weighted by atomic mass is 10.1. The summed E-state index contributed by atoms with van der Waals surface area (Å²) in [6.45, 7) is 3.56. The smallest absolute Gasteiger partial charge is 0.343 e. The van der Waals surface area contributed by atoms with Crippen LogP contribution in [0.3, 0.4) is 0 Å². The van der Waals surface area contributed by atoms with Gasteiger partial charge < -0.3 is 9.84 Å². The van der Waals surface area contributed by atoms with Crippen LogP contribution in [0.5, 0.6) is 11.5 Å². The highest BCUT2D eigenvalue weighted by molar-refractivity contribution is 7.97. The van der Waals surface area contributed by atoms with Crippen molar-refractivity contribution in [3.63, 3.8) is 0 Å².